The number of alkyl halides is 3. The molecular weight excluding hydrogens is 363 g/mol. The second-order valence-corrected chi connectivity index (χ2v) is 5.95. The molecule has 5 nitrogen and oxygen atoms in total. The first-order valence-corrected chi connectivity index (χ1v) is 8.39. The molecule has 0 radical (unpaired) electrons. The van der Waals surface area contributed by atoms with Gasteiger partial charge in [0.2, 0.25) is 5.91 Å². The standard InChI is InChI=1S/C19H18F3NO4/c20-19(21,22)27-15-5-1-14(2-6-15)12-23-18(24)8-4-13-3-7-16-17(11-13)26-10-9-25-16/h1-3,5-7,11H,4,8-10,12H2,(H,23,24). The highest BCUT2D eigenvalue weighted by Gasteiger charge is 2.30. The van der Waals surface area contributed by atoms with Gasteiger partial charge in [0.05, 0.1) is 0 Å². The molecule has 1 amide bonds. The minimum absolute atomic E-state index is 0.152. The average molecular weight is 381 g/mol. The molecule has 0 saturated carbocycles. The van der Waals surface area contributed by atoms with E-state index in [0.29, 0.717) is 36.7 Å². The van der Waals surface area contributed by atoms with Gasteiger partial charge in [-0.1, -0.05) is 18.2 Å². The largest absolute Gasteiger partial charge is 0.573 e. The minimum Gasteiger partial charge on any atom is -0.486 e. The Morgan fingerprint density at radius 3 is 2.37 bits per heavy atom. The summed E-state index contributed by atoms with van der Waals surface area (Å²) in [5, 5.41) is 2.74. The molecule has 0 atom stereocenters. The van der Waals surface area contributed by atoms with Crippen LogP contribution < -0.4 is 19.5 Å². The minimum atomic E-state index is -4.72. The van der Waals surface area contributed by atoms with Crippen molar-refractivity contribution < 1.29 is 32.2 Å². The van der Waals surface area contributed by atoms with Gasteiger partial charge in [-0.25, -0.2) is 0 Å². The molecule has 1 aliphatic heterocycles. The van der Waals surface area contributed by atoms with Crippen LogP contribution in [0.4, 0.5) is 13.2 Å². The Labute approximate surface area is 154 Å². The molecule has 0 aromatic heterocycles. The number of aryl methyl sites for hydroxylation is 1. The topological polar surface area (TPSA) is 56.8 Å². The maximum absolute atomic E-state index is 12.1. The summed E-state index contributed by atoms with van der Waals surface area (Å²) in [6.07, 6.45) is -3.89. The summed E-state index contributed by atoms with van der Waals surface area (Å²) >= 11 is 0. The Balaban J connectivity index is 1.44. The summed E-state index contributed by atoms with van der Waals surface area (Å²) in [6, 6.07) is 11.0. The molecule has 1 aliphatic rings. The highest BCUT2D eigenvalue weighted by atomic mass is 19.4. The van der Waals surface area contributed by atoms with E-state index in [0.717, 1.165) is 5.56 Å². The molecule has 0 saturated heterocycles. The van der Waals surface area contributed by atoms with Gasteiger partial charge in [-0.05, 0) is 41.8 Å². The van der Waals surface area contributed by atoms with Crippen LogP contribution in [0.5, 0.6) is 17.2 Å². The zero-order valence-electron chi connectivity index (χ0n) is 14.3. The molecular formula is C19H18F3NO4. The first-order chi connectivity index (χ1) is 12.9. The molecule has 0 fully saturated rings. The Bertz CT molecular complexity index is 791. The molecule has 8 heteroatoms. The molecule has 3 rings (SSSR count). The fraction of sp³-hybridized carbons (Fsp3) is 0.316. The first kappa shape index (κ1) is 18.9. The molecule has 1 heterocycles. The summed E-state index contributed by atoms with van der Waals surface area (Å²) in [6.45, 7) is 1.26. The molecule has 0 unspecified atom stereocenters. The Hall–Kier alpha value is -2.90. The van der Waals surface area contributed by atoms with Gasteiger partial charge in [0, 0.05) is 13.0 Å². The number of carbonyl (C=O) groups is 1. The van der Waals surface area contributed by atoms with Crippen molar-refractivity contribution in [3.05, 3.63) is 53.6 Å². The van der Waals surface area contributed by atoms with Crippen molar-refractivity contribution in [1.82, 2.24) is 5.32 Å². The number of fused-ring (bicyclic) bond motifs is 1. The monoisotopic (exact) mass is 381 g/mol. The second kappa shape index (κ2) is 8.20. The number of hydrogen-bond donors (Lipinski definition) is 1. The van der Waals surface area contributed by atoms with E-state index in [-0.39, 0.29) is 24.6 Å². The van der Waals surface area contributed by atoms with Crippen molar-refractivity contribution in [3.63, 3.8) is 0 Å². The normalized spacial score (nSPS) is 13.1. The lowest BCUT2D eigenvalue weighted by Crippen LogP contribution is -2.23. The van der Waals surface area contributed by atoms with Crippen LogP contribution in [0.2, 0.25) is 0 Å². The van der Waals surface area contributed by atoms with E-state index in [9.17, 15) is 18.0 Å². The Morgan fingerprint density at radius 1 is 1.00 bits per heavy atom. The Kier molecular flexibility index (Phi) is 5.73. The van der Waals surface area contributed by atoms with E-state index in [1.54, 1.807) is 0 Å². The van der Waals surface area contributed by atoms with E-state index in [1.807, 2.05) is 18.2 Å². The average Bonchev–Trinajstić information content (AvgIpc) is 2.64. The van der Waals surface area contributed by atoms with Gasteiger partial charge in [0.25, 0.3) is 0 Å². The number of halogens is 3. The number of hydrogen-bond acceptors (Lipinski definition) is 4. The quantitative estimate of drug-likeness (QED) is 0.831. The summed E-state index contributed by atoms with van der Waals surface area (Å²) in [5.74, 6) is 0.935. The third-order valence-electron chi connectivity index (χ3n) is 3.89. The van der Waals surface area contributed by atoms with Gasteiger partial charge in [-0.15, -0.1) is 13.2 Å². The lowest BCUT2D eigenvalue weighted by molar-refractivity contribution is -0.274. The number of ether oxygens (including phenoxy) is 3. The number of carbonyl (C=O) groups excluding carboxylic acids is 1. The number of benzene rings is 2. The molecule has 1 N–H and O–H groups in total. The van der Waals surface area contributed by atoms with Gasteiger partial charge >= 0.3 is 6.36 Å². The van der Waals surface area contributed by atoms with E-state index in [1.165, 1.54) is 24.3 Å². The van der Waals surface area contributed by atoms with Crippen LogP contribution >= 0.6 is 0 Å². The van der Waals surface area contributed by atoms with Crippen molar-refractivity contribution in [2.45, 2.75) is 25.7 Å². The third-order valence-corrected chi connectivity index (χ3v) is 3.89. The van der Waals surface area contributed by atoms with Crippen LogP contribution in [0.3, 0.4) is 0 Å². The third kappa shape index (κ3) is 5.80. The predicted molar refractivity (Wildman–Crippen MR) is 90.7 cm³/mol. The van der Waals surface area contributed by atoms with E-state index >= 15 is 0 Å². The van der Waals surface area contributed by atoms with E-state index < -0.39 is 6.36 Å². The van der Waals surface area contributed by atoms with Gasteiger partial charge in [0.15, 0.2) is 11.5 Å². The zero-order chi connectivity index (χ0) is 19.3. The van der Waals surface area contributed by atoms with E-state index in [4.69, 9.17) is 9.47 Å². The first-order valence-electron chi connectivity index (χ1n) is 8.39. The van der Waals surface area contributed by atoms with Crippen molar-refractivity contribution in [2.75, 3.05) is 13.2 Å². The fourth-order valence-electron chi connectivity index (χ4n) is 2.60. The smallest absolute Gasteiger partial charge is 0.486 e. The Morgan fingerprint density at radius 2 is 1.67 bits per heavy atom. The lowest BCUT2D eigenvalue weighted by atomic mass is 10.1. The number of amides is 1. The van der Waals surface area contributed by atoms with Crippen LogP contribution in [0.25, 0.3) is 0 Å². The van der Waals surface area contributed by atoms with Crippen LogP contribution in [-0.4, -0.2) is 25.5 Å². The fourth-order valence-corrected chi connectivity index (χ4v) is 2.60. The molecule has 2 aromatic rings. The summed E-state index contributed by atoms with van der Waals surface area (Å²) in [7, 11) is 0. The van der Waals surface area contributed by atoms with Crippen LogP contribution in [0.1, 0.15) is 17.5 Å². The lowest BCUT2D eigenvalue weighted by Gasteiger charge is -2.18. The molecule has 0 spiro atoms. The van der Waals surface area contributed by atoms with Crippen molar-refractivity contribution in [1.29, 1.82) is 0 Å². The zero-order valence-corrected chi connectivity index (χ0v) is 14.3. The number of rotatable bonds is 6. The van der Waals surface area contributed by atoms with Crippen molar-refractivity contribution >= 4 is 5.91 Å². The van der Waals surface area contributed by atoms with Crippen LogP contribution in [-0.2, 0) is 17.8 Å². The van der Waals surface area contributed by atoms with Crippen LogP contribution in [0.15, 0.2) is 42.5 Å². The van der Waals surface area contributed by atoms with Gasteiger partial charge in [-0.3, -0.25) is 4.79 Å². The highest BCUT2D eigenvalue weighted by Crippen LogP contribution is 2.31. The molecule has 0 bridgehead atoms. The maximum atomic E-state index is 12.1. The van der Waals surface area contributed by atoms with Crippen molar-refractivity contribution in [2.24, 2.45) is 0 Å². The molecule has 0 aliphatic carbocycles. The SMILES string of the molecule is O=C(CCc1ccc2c(c1)OCCO2)NCc1ccc(OC(F)(F)F)cc1. The molecule has 27 heavy (non-hydrogen) atoms. The molecule has 2 aromatic carbocycles. The van der Waals surface area contributed by atoms with Crippen LogP contribution in [0, 0.1) is 0 Å². The van der Waals surface area contributed by atoms with Gasteiger partial charge in [0.1, 0.15) is 19.0 Å². The molecule has 144 valence electrons. The van der Waals surface area contributed by atoms with Crippen molar-refractivity contribution in [3.8, 4) is 17.2 Å². The summed E-state index contributed by atoms with van der Waals surface area (Å²) in [5.41, 5.74) is 1.64. The number of nitrogens with one attached hydrogen (secondary N) is 1. The maximum Gasteiger partial charge on any atom is 0.573 e. The summed E-state index contributed by atoms with van der Waals surface area (Å²) in [4.78, 5) is 12.0. The summed E-state index contributed by atoms with van der Waals surface area (Å²) < 4.78 is 51.1. The van der Waals surface area contributed by atoms with E-state index in [2.05, 4.69) is 10.1 Å². The predicted octanol–water partition coefficient (Wildman–Crippen LogP) is 3.61. The van der Waals surface area contributed by atoms with Gasteiger partial charge < -0.3 is 19.5 Å². The second-order valence-electron chi connectivity index (χ2n) is 5.95. The van der Waals surface area contributed by atoms with Gasteiger partial charge in [-0.2, -0.15) is 0 Å². The highest BCUT2D eigenvalue weighted by molar-refractivity contribution is 5.76.